The highest BCUT2D eigenvalue weighted by atomic mass is 16.2. The normalized spacial score (nSPS) is 29.1. The molecule has 32 heavy (non-hydrogen) atoms. The Morgan fingerprint density at radius 1 is 0.688 bits per heavy atom. The molecule has 0 radical (unpaired) electrons. The molecule has 5 rings (SSSR count). The van der Waals surface area contributed by atoms with Crippen molar-refractivity contribution in [1.82, 2.24) is 30.2 Å². The van der Waals surface area contributed by atoms with E-state index in [0.717, 1.165) is 88.7 Å². The molecule has 2 saturated heterocycles. The van der Waals surface area contributed by atoms with Crippen LogP contribution in [0.2, 0.25) is 0 Å². The van der Waals surface area contributed by atoms with Gasteiger partial charge in [-0.15, -0.1) is 0 Å². The number of aromatic amines is 2. The van der Waals surface area contributed by atoms with E-state index in [2.05, 4.69) is 30.2 Å². The lowest BCUT2D eigenvalue weighted by Gasteiger charge is -2.40. The van der Waals surface area contributed by atoms with Gasteiger partial charge < -0.3 is 9.80 Å². The monoisotopic (exact) mass is 438 g/mol. The van der Waals surface area contributed by atoms with Gasteiger partial charge in [0.25, 0.3) is 0 Å². The number of likely N-dealkylation sites (tertiary alicyclic amines) is 2. The van der Waals surface area contributed by atoms with Crippen molar-refractivity contribution >= 4 is 11.8 Å². The molecule has 1 aliphatic carbocycles. The third-order valence-electron chi connectivity index (χ3n) is 7.76. The molecular formula is C24H34N6O2. The first-order valence-corrected chi connectivity index (χ1v) is 12.3. The second kappa shape index (κ2) is 9.46. The molecule has 2 N–H and O–H groups in total. The van der Waals surface area contributed by atoms with E-state index in [1.54, 1.807) is 12.4 Å². The van der Waals surface area contributed by atoms with Gasteiger partial charge in [-0.25, -0.2) is 0 Å². The predicted molar refractivity (Wildman–Crippen MR) is 119 cm³/mol. The Labute approximate surface area is 189 Å². The zero-order valence-corrected chi connectivity index (χ0v) is 18.7. The predicted octanol–water partition coefficient (Wildman–Crippen LogP) is 3.75. The SMILES string of the molecule is O=C(C1CCC(C(=O)N2CCCCC2c2ccn[nH]2)CC1)N1CCCCC1c1ccn[nH]1. The van der Waals surface area contributed by atoms with Crippen LogP contribution in [0, 0.1) is 11.8 Å². The number of aromatic nitrogens is 4. The van der Waals surface area contributed by atoms with E-state index in [1.165, 1.54) is 0 Å². The molecule has 4 heterocycles. The molecule has 2 atom stereocenters. The van der Waals surface area contributed by atoms with Crippen LogP contribution in [0.1, 0.15) is 87.7 Å². The minimum Gasteiger partial charge on any atom is -0.334 e. The van der Waals surface area contributed by atoms with E-state index in [0.29, 0.717) is 0 Å². The number of rotatable bonds is 4. The minimum absolute atomic E-state index is 0.0346. The van der Waals surface area contributed by atoms with Crippen molar-refractivity contribution in [3.63, 3.8) is 0 Å². The first kappa shape index (κ1) is 21.2. The number of piperidine rings is 2. The number of H-pyrrole nitrogens is 2. The molecule has 1 saturated carbocycles. The summed E-state index contributed by atoms with van der Waals surface area (Å²) in [5, 5.41) is 14.3. The molecular weight excluding hydrogens is 404 g/mol. The molecule has 3 aliphatic rings. The Hall–Kier alpha value is -2.64. The van der Waals surface area contributed by atoms with Gasteiger partial charge in [0.2, 0.25) is 11.8 Å². The third-order valence-corrected chi connectivity index (χ3v) is 7.76. The molecule has 0 bridgehead atoms. The van der Waals surface area contributed by atoms with E-state index in [4.69, 9.17) is 0 Å². The van der Waals surface area contributed by atoms with Crippen LogP contribution < -0.4 is 0 Å². The second-order valence-corrected chi connectivity index (χ2v) is 9.66. The third kappa shape index (κ3) is 4.19. The van der Waals surface area contributed by atoms with E-state index in [9.17, 15) is 9.59 Å². The fraction of sp³-hybridized carbons (Fsp3) is 0.667. The topological polar surface area (TPSA) is 98.0 Å². The van der Waals surface area contributed by atoms with Gasteiger partial charge >= 0.3 is 0 Å². The smallest absolute Gasteiger partial charge is 0.226 e. The summed E-state index contributed by atoms with van der Waals surface area (Å²) in [7, 11) is 0. The lowest BCUT2D eigenvalue weighted by atomic mass is 9.79. The maximum absolute atomic E-state index is 13.4. The zero-order chi connectivity index (χ0) is 21.9. The van der Waals surface area contributed by atoms with Crippen LogP contribution in [-0.4, -0.2) is 55.1 Å². The average Bonchev–Trinajstić information content (AvgIpc) is 3.58. The van der Waals surface area contributed by atoms with E-state index >= 15 is 0 Å². The van der Waals surface area contributed by atoms with Gasteiger partial charge in [-0.1, -0.05) is 0 Å². The number of hydrogen-bond donors (Lipinski definition) is 2. The van der Waals surface area contributed by atoms with Crippen molar-refractivity contribution in [3.05, 3.63) is 35.9 Å². The van der Waals surface area contributed by atoms with Gasteiger partial charge in [-0.2, -0.15) is 10.2 Å². The molecule has 0 spiro atoms. The largest absolute Gasteiger partial charge is 0.334 e. The summed E-state index contributed by atoms with van der Waals surface area (Å²) in [5.74, 6) is 0.603. The van der Waals surface area contributed by atoms with E-state index < -0.39 is 0 Å². The Kier molecular flexibility index (Phi) is 6.28. The summed E-state index contributed by atoms with van der Waals surface area (Å²) in [6.45, 7) is 1.64. The number of carbonyl (C=O) groups is 2. The lowest BCUT2D eigenvalue weighted by Crippen LogP contribution is -2.45. The summed E-state index contributed by atoms with van der Waals surface area (Å²) < 4.78 is 0. The molecule has 2 aromatic heterocycles. The maximum Gasteiger partial charge on any atom is 0.226 e. The number of hydrogen-bond acceptors (Lipinski definition) is 4. The van der Waals surface area contributed by atoms with Crippen LogP contribution in [0.25, 0.3) is 0 Å². The second-order valence-electron chi connectivity index (χ2n) is 9.66. The summed E-state index contributed by atoms with van der Waals surface area (Å²) in [5.41, 5.74) is 2.08. The summed E-state index contributed by atoms with van der Waals surface area (Å²) in [4.78, 5) is 31.0. The van der Waals surface area contributed by atoms with Crippen molar-refractivity contribution in [1.29, 1.82) is 0 Å². The number of amides is 2. The van der Waals surface area contributed by atoms with Crippen molar-refractivity contribution in [2.24, 2.45) is 11.8 Å². The molecule has 2 unspecified atom stereocenters. The fourth-order valence-electron chi connectivity index (χ4n) is 6.00. The highest BCUT2D eigenvalue weighted by Gasteiger charge is 2.39. The van der Waals surface area contributed by atoms with Gasteiger partial charge in [-0.05, 0) is 76.3 Å². The van der Waals surface area contributed by atoms with Crippen molar-refractivity contribution in [3.8, 4) is 0 Å². The number of carbonyl (C=O) groups excluding carboxylic acids is 2. The molecule has 172 valence electrons. The zero-order valence-electron chi connectivity index (χ0n) is 18.7. The standard InChI is InChI=1S/C24H34N6O2/c31-23(29-15-3-1-5-21(29)19-11-13-25-27-19)17-7-9-18(10-8-17)24(32)30-16-4-2-6-22(30)20-12-14-26-28-20/h11-14,17-18,21-22H,1-10,15-16H2,(H,25,27)(H,26,28). The fourth-order valence-corrected chi connectivity index (χ4v) is 6.00. The molecule has 8 nitrogen and oxygen atoms in total. The van der Waals surface area contributed by atoms with E-state index in [-0.39, 0.29) is 35.7 Å². The van der Waals surface area contributed by atoms with Crippen molar-refractivity contribution in [2.75, 3.05) is 13.1 Å². The highest BCUT2D eigenvalue weighted by molar-refractivity contribution is 5.82. The van der Waals surface area contributed by atoms with Gasteiger partial charge in [-0.3, -0.25) is 19.8 Å². The summed E-state index contributed by atoms with van der Waals surface area (Å²) in [6.07, 6.45) is 13.2. The molecule has 2 amide bonds. The van der Waals surface area contributed by atoms with Crippen LogP contribution in [0.4, 0.5) is 0 Å². The van der Waals surface area contributed by atoms with Crippen LogP contribution in [0.3, 0.4) is 0 Å². The van der Waals surface area contributed by atoms with Gasteiger partial charge in [0, 0.05) is 37.3 Å². The van der Waals surface area contributed by atoms with Crippen molar-refractivity contribution in [2.45, 2.75) is 76.3 Å². The highest BCUT2D eigenvalue weighted by Crippen LogP contribution is 2.38. The maximum atomic E-state index is 13.4. The quantitative estimate of drug-likeness (QED) is 0.760. The summed E-state index contributed by atoms with van der Waals surface area (Å²) in [6, 6.07) is 4.20. The number of nitrogens with zero attached hydrogens (tertiary/aromatic N) is 4. The Balaban J connectivity index is 1.21. The average molecular weight is 439 g/mol. The van der Waals surface area contributed by atoms with Crippen LogP contribution in [-0.2, 0) is 9.59 Å². The minimum atomic E-state index is 0.0346. The first-order valence-electron chi connectivity index (χ1n) is 12.3. The van der Waals surface area contributed by atoms with Crippen LogP contribution >= 0.6 is 0 Å². The molecule has 8 heteroatoms. The molecule has 2 aromatic rings. The Bertz CT molecular complexity index is 814. The van der Waals surface area contributed by atoms with Gasteiger partial charge in [0.15, 0.2) is 0 Å². The summed E-state index contributed by atoms with van der Waals surface area (Å²) >= 11 is 0. The first-order chi connectivity index (χ1) is 15.7. The lowest BCUT2D eigenvalue weighted by molar-refractivity contribution is -0.145. The van der Waals surface area contributed by atoms with Gasteiger partial charge in [0.1, 0.15) is 0 Å². The van der Waals surface area contributed by atoms with E-state index in [1.807, 2.05) is 12.1 Å². The molecule has 2 aliphatic heterocycles. The van der Waals surface area contributed by atoms with Crippen LogP contribution in [0.15, 0.2) is 24.5 Å². The number of nitrogens with one attached hydrogen (secondary N) is 2. The van der Waals surface area contributed by atoms with Crippen molar-refractivity contribution < 1.29 is 9.59 Å². The Morgan fingerprint density at radius 3 is 1.50 bits per heavy atom. The molecule has 3 fully saturated rings. The Morgan fingerprint density at radius 2 is 1.12 bits per heavy atom. The van der Waals surface area contributed by atoms with Gasteiger partial charge in [0.05, 0.1) is 23.5 Å². The molecule has 0 aromatic carbocycles. The van der Waals surface area contributed by atoms with Crippen LogP contribution in [0.5, 0.6) is 0 Å².